The van der Waals surface area contributed by atoms with E-state index in [0.717, 1.165) is 29.1 Å². The minimum atomic E-state index is 0.559. The van der Waals surface area contributed by atoms with Gasteiger partial charge in [-0.2, -0.15) is 0 Å². The van der Waals surface area contributed by atoms with E-state index in [1.54, 1.807) is 7.11 Å². The van der Waals surface area contributed by atoms with Crippen molar-refractivity contribution >= 4 is 5.82 Å². The Labute approximate surface area is 119 Å². The molecule has 0 fully saturated rings. The number of nitrogens with zero attached hydrogens (tertiary/aromatic N) is 2. The van der Waals surface area contributed by atoms with E-state index < -0.39 is 0 Å². The molecule has 5 heteroatoms. The normalized spacial score (nSPS) is 10.3. The molecule has 0 amide bonds. The molecule has 1 aromatic heterocycles. The Bertz CT molecular complexity index is 573. The van der Waals surface area contributed by atoms with Gasteiger partial charge in [0.15, 0.2) is 0 Å². The molecule has 0 bridgehead atoms. The molecule has 1 N–H and O–H groups in total. The molecule has 0 unspecified atom stereocenters. The Morgan fingerprint density at radius 2 is 2.10 bits per heavy atom. The van der Waals surface area contributed by atoms with Gasteiger partial charge in [-0.15, -0.1) is 0 Å². The van der Waals surface area contributed by atoms with Crippen molar-refractivity contribution in [1.82, 2.24) is 9.97 Å². The molecule has 2 rings (SSSR count). The first-order valence-electron chi connectivity index (χ1n) is 6.55. The van der Waals surface area contributed by atoms with E-state index in [9.17, 15) is 0 Å². The molecule has 0 spiro atoms. The largest absolute Gasteiger partial charge is 0.439 e. The number of aromatic nitrogens is 2. The van der Waals surface area contributed by atoms with E-state index in [0.29, 0.717) is 12.5 Å². The van der Waals surface area contributed by atoms with Crippen LogP contribution in [0.15, 0.2) is 30.6 Å². The zero-order chi connectivity index (χ0) is 14.4. The average Bonchev–Trinajstić information content (AvgIpc) is 2.47. The lowest BCUT2D eigenvalue weighted by Crippen LogP contribution is -2.02. The Balaban J connectivity index is 2.27. The van der Waals surface area contributed by atoms with Crippen molar-refractivity contribution in [2.24, 2.45) is 0 Å². The molecule has 1 aromatic carbocycles. The minimum Gasteiger partial charge on any atom is -0.439 e. The first-order chi connectivity index (χ1) is 9.78. The lowest BCUT2D eigenvalue weighted by Gasteiger charge is -2.12. The van der Waals surface area contributed by atoms with Crippen LogP contribution in [0.1, 0.15) is 18.1 Å². The SMILES string of the molecule is CCc1c(NC)ncnc1Oc1cccc(COC)c1. The summed E-state index contributed by atoms with van der Waals surface area (Å²) in [7, 11) is 3.51. The Morgan fingerprint density at radius 3 is 2.80 bits per heavy atom. The maximum absolute atomic E-state index is 5.88. The van der Waals surface area contributed by atoms with Gasteiger partial charge in [0, 0.05) is 14.2 Å². The molecule has 5 nitrogen and oxygen atoms in total. The van der Waals surface area contributed by atoms with E-state index in [2.05, 4.69) is 15.3 Å². The van der Waals surface area contributed by atoms with Gasteiger partial charge in [0.2, 0.25) is 5.88 Å². The summed E-state index contributed by atoms with van der Waals surface area (Å²) in [4.78, 5) is 8.42. The molecule has 106 valence electrons. The number of rotatable bonds is 6. The van der Waals surface area contributed by atoms with Crippen LogP contribution >= 0.6 is 0 Å². The third kappa shape index (κ3) is 3.24. The van der Waals surface area contributed by atoms with Crippen molar-refractivity contribution in [3.8, 4) is 11.6 Å². The third-order valence-electron chi connectivity index (χ3n) is 2.92. The van der Waals surface area contributed by atoms with Gasteiger partial charge in [0.1, 0.15) is 17.9 Å². The highest BCUT2D eigenvalue weighted by Crippen LogP contribution is 2.27. The zero-order valence-corrected chi connectivity index (χ0v) is 12.0. The van der Waals surface area contributed by atoms with E-state index in [1.807, 2.05) is 38.2 Å². The molecule has 20 heavy (non-hydrogen) atoms. The molecule has 0 atom stereocenters. The summed E-state index contributed by atoms with van der Waals surface area (Å²) in [6, 6.07) is 7.79. The van der Waals surface area contributed by atoms with Crippen molar-refractivity contribution in [3.63, 3.8) is 0 Å². The molecule has 0 aliphatic carbocycles. The quantitative estimate of drug-likeness (QED) is 0.876. The molecular weight excluding hydrogens is 254 g/mol. The molecule has 0 radical (unpaired) electrons. The summed E-state index contributed by atoms with van der Waals surface area (Å²) in [5, 5.41) is 3.05. The van der Waals surface area contributed by atoms with Crippen molar-refractivity contribution in [2.75, 3.05) is 19.5 Å². The van der Waals surface area contributed by atoms with Crippen LogP contribution < -0.4 is 10.1 Å². The fraction of sp³-hybridized carbons (Fsp3) is 0.333. The number of hydrogen-bond acceptors (Lipinski definition) is 5. The molecule has 0 saturated carbocycles. The Kier molecular flexibility index (Phi) is 4.90. The maximum Gasteiger partial charge on any atom is 0.227 e. The fourth-order valence-corrected chi connectivity index (χ4v) is 2.00. The second kappa shape index (κ2) is 6.86. The van der Waals surface area contributed by atoms with E-state index in [1.165, 1.54) is 6.33 Å². The molecule has 0 saturated heterocycles. The molecular formula is C15H19N3O2. The smallest absolute Gasteiger partial charge is 0.227 e. The highest BCUT2D eigenvalue weighted by Gasteiger charge is 2.11. The van der Waals surface area contributed by atoms with E-state index in [4.69, 9.17) is 9.47 Å². The first-order valence-corrected chi connectivity index (χ1v) is 6.55. The highest BCUT2D eigenvalue weighted by molar-refractivity contribution is 5.49. The number of nitrogens with one attached hydrogen (secondary N) is 1. The van der Waals surface area contributed by atoms with Crippen molar-refractivity contribution in [3.05, 3.63) is 41.7 Å². The molecule has 1 heterocycles. The van der Waals surface area contributed by atoms with Gasteiger partial charge >= 0.3 is 0 Å². The summed E-state index contributed by atoms with van der Waals surface area (Å²) in [6.07, 6.45) is 2.30. The number of ether oxygens (including phenoxy) is 2. The first kappa shape index (κ1) is 14.3. The highest BCUT2D eigenvalue weighted by atomic mass is 16.5. The van der Waals surface area contributed by atoms with Crippen molar-refractivity contribution < 1.29 is 9.47 Å². The molecule has 0 aliphatic rings. The fourth-order valence-electron chi connectivity index (χ4n) is 2.00. The lowest BCUT2D eigenvalue weighted by atomic mass is 10.2. The van der Waals surface area contributed by atoms with Crippen LogP contribution in [-0.2, 0) is 17.8 Å². The van der Waals surface area contributed by atoms with Gasteiger partial charge in [-0.1, -0.05) is 19.1 Å². The van der Waals surface area contributed by atoms with Gasteiger partial charge < -0.3 is 14.8 Å². The minimum absolute atomic E-state index is 0.559. The number of methoxy groups -OCH3 is 1. The summed E-state index contributed by atoms with van der Waals surface area (Å²) in [6.45, 7) is 2.61. The standard InChI is InChI=1S/C15H19N3O2/c1-4-13-14(16-2)17-10-18-15(13)20-12-7-5-6-11(8-12)9-19-3/h5-8,10H,4,9H2,1-3H3,(H,16,17,18). The van der Waals surface area contributed by atoms with Crippen LogP contribution in [0.4, 0.5) is 5.82 Å². The van der Waals surface area contributed by atoms with E-state index >= 15 is 0 Å². The van der Waals surface area contributed by atoms with Crippen molar-refractivity contribution in [1.29, 1.82) is 0 Å². The Morgan fingerprint density at radius 1 is 1.25 bits per heavy atom. The van der Waals surface area contributed by atoms with Gasteiger partial charge in [-0.05, 0) is 24.1 Å². The maximum atomic E-state index is 5.88. The predicted octanol–water partition coefficient (Wildman–Crippen LogP) is 3.02. The van der Waals surface area contributed by atoms with Gasteiger partial charge in [0.05, 0.1) is 12.2 Å². The van der Waals surface area contributed by atoms with Crippen LogP contribution in [0.3, 0.4) is 0 Å². The summed E-state index contributed by atoms with van der Waals surface area (Å²) in [5.74, 6) is 2.13. The van der Waals surface area contributed by atoms with Gasteiger partial charge in [-0.25, -0.2) is 9.97 Å². The average molecular weight is 273 g/mol. The van der Waals surface area contributed by atoms with Crippen LogP contribution in [0, 0.1) is 0 Å². The number of hydrogen-bond donors (Lipinski definition) is 1. The topological polar surface area (TPSA) is 56.3 Å². The van der Waals surface area contributed by atoms with E-state index in [-0.39, 0.29) is 0 Å². The summed E-state index contributed by atoms with van der Waals surface area (Å²) in [5.41, 5.74) is 2.03. The number of benzene rings is 1. The van der Waals surface area contributed by atoms with Gasteiger partial charge in [0.25, 0.3) is 0 Å². The summed E-state index contributed by atoms with van der Waals surface area (Å²) < 4.78 is 11.0. The molecule has 0 aliphatic heterocycles. The van der Waals surface area contributed by atoms with Crippen LogP contribution in [0.5, 0.6) is 11.6 Å². The van der Waals surface area contributed by atoms with Gasteiger partial charge in [-0.3, -0.25) is 0 Å². The van der Waals surface area contributed by atoms with Crippen molar-refractivity contribution in [2.45, 2.75) is 20.0 Å². The number of anilines is 1. The second-order valence-corrected chi connectivity index (χ2v) is 4.29. The Hall–Kier alpha value is -2.14. The monoisotopic (exact) mass is 273 g/mol. The second-order valence-electron chi connectivity index (χ2n) is 4.29. The third-order valence-corrected chi connectivity index (χ3v) is 2.92. The summed E-state index contributed by atoms with van der Waals surface area (Å²) >= 11 is 0. The van der Waals surface area contributed by atoms with Crippen LogP contribution in [0.2, 0.25) is 0 Å². The van der Waals surface area contributed by atoms with Crippen LogP contribution in [0.25, 0.3) is 0 Å². The lowest BCUT2D eigenvalue weighted by molar-refractivity contribution is 0.184. The zero-order valence-electron chi connectivity index (χ0n) is 12.0. The van der Waals surface area contributed by atoms with Crippen LogP contribution in [-0.4, -0.2) is 24.1 Å². The molecule has 2 aromatic rings. The predicted molar refractivity (Wildman–Crippen MR) is 78.2 cm³/mol.